The minimum atomic E-state index is -2.49. The van der Waals surface area contributed by atoms with Crippen LogP contribution in [0.15, 0.2) is 93.6 Å². The van der Waals surface area contributed by atoms with Crippen molar-refractivity contribution in [1.82, 2.24) is 0 Å². The van der Waals surface area contributed by atoms with Crippen molar-refractivity contribution in [3.8, 4) is 41.8 Å². The predicted octanol–water partition coefficient (Wildman–Crippen LogP) is 37.1. The van der Waals surface area contributed by atoms with Gasteiger partial charge in [-0.25, -0.2) is 13.2 Å². The van der Waals surface area contributed by atoms with Crippen LogP contribution in [0.1, 0.15) is 253 Å². The fraction of sp³-hybridized carbons (Fsp3) is 0.495. The predicted molar refractivity (Wildman–Crippen MR) is 547 cm³/mol. The van der Waals surface area contributed by atoms with Gasteiger partial charge in [0, 0.05) is 66.8 Å². The first-order valence-corrected chi connectivity index (χ1v) is 85.9. The summed E-state index contributed by atoms with van der Waals surface area (Å²) in [6.45, 7) is 22.3. The number of halogens is 6. The molecule has 5 unspecified atom stereocenters. The minimum absolute atomic E-state index is 0.00847. The van der Waals surface area contributed by atoms with Crippen LogP contribution in [0.5, 0.6) is 0 Å². The first-order valence-electron chi connectivity index (χ1n) is 44.5. The second kappa shape index (κ2) is 47.1. The maximum atomic E-state index is 15.9. The van der Waals surface area contributed by atoms with Gasteiger partial charge in [-0.3, -0.25) is 9.59 Å². The Morgan fingerprint density at radius 2 is 0.579 bits per heavy atom. The Bertz CT molecular complexity index is 5040. The number of carbonyl (C=O) groups is 2. The van der Waals surface area contributed by atoms with E-state index in [1.807, 2.05) is 40.2 Å². The first-order chi connectivity index (χ1) is 57.7. The number of hydrogen-bond donors (Lipinski definition) is 0. The SMILES string of the molecule is CCCCC(CC)Cc1sc(-c2c3c[c]([Sn]([CH3])([CH3])[CH3])sc3c(-c3cc(F)c(CC(CC)CCCC)s3)c3c[c]([Sn]([CH3])([CH3])[CH3])sc23)cc1F.CCCCC(CC)Cc1sc(-c2c3ccsc3c(-c3cc(F)c(CC(CC)CCCC)s3)c3ccsc23)cc1F.CCCCC(CC)Cc1sccc1F.O=C1c2ccsc2C(=O)c2ccsc21.[CH3][Sn]([CH3])([CH3])[Cl]. The van der Waals surface area contributed by atoms with Crippen LogP contribution in [0.25, 0.3) is 82.1 Å². The molecule has 0 spiro atoms. The summed E-state index contributed by atoms with van der Waals surface area (Å²) in [5.74, 6) is 2.55. The van der Waals surface area contributed by atoms with E-state index in [1.165, 1.54) is 153 Å². The summed E-state index contributed by atoms with van der Waals surface area (Å²) in [6.07, 6.45) is 27.7. The van der Waals surface area contributed by atoms with E-state index in [0.717, 1.165) is 143 Å². The van der Waals surface area contributed by atoms with Crippen LogP contribution in [0.3, 0.4) is 0 Å². The van der Waals surface area contributed by atoms with Crippen LogP contribution in [0.2, 0.25) is 44.5 Å². The van der Waals surface area contributed by atoms with Crippen molar-refractivity contribution in [1.29, 1.82) is 0 Å². The Balaban J connectivity index is 0.000000186. The fourth-order valence-corrected chi connectivity index (χ4v) is 38.4. The molecule has 0 N–H and O–H groups in total. The molecule has 1 aliphatic rings. The number of carbonyl (C=O) groups excluding carboxylic acids is 2. The van der Waals surface area contributed by atoms with E-state index in [9.17, 15) is 14.0 Å². The first kappa shape index (κ1) is 101. The van der Waals surface area contributed by atoms with E-state index >= 15 is 17.6 Å². The number of benzene rings is 2. The van der Waals surface area contributed by atoms with Crippen LogP contribution in [0, 0.1) is 58.7 Å². The van der Waals surface area contributed by atoms with Crippen molar-refractivity contribution >= 4 is 245 Å². The second-order valence-electron chi connectivity index (χ2n) is 35.9. The normalized spacial score (nSPS) is 13.7. The molecule has 0 radical (unpaired) electrons. The summed E-state index contributed by atoms with van der Waals surface area (Å²) < 4.78 is 83.6. The molecule has 0 fully saturated rings. The number of ketones is 2. The molecular formula is C99H128ClF5O2S11Sn3. The zero-order valence-electron chi connectivity index (χ0n) is 74.9. The molecule has 13 aromatic rings. The van der Waals surface area contributed by atoms with Crippen LogP contribution >= 0.6 is 134 Å². The third-order valence-electron chi connectivity index (χ3n) is 23.3. The molecule has 656 valence electrons. The molecule has 0 bridgehead atoms. The van der Waals surface area contributed by atoms with E-state index < -0.39 is 54.0 Å². The van der Waals surface area contributed by atoms with Crippen molar-refractivity contribution in [3.05, 3.63) is 168 Å². The van der Waals surface area contributed by atoms with Crippen LogP contribution in [-0.2, 0) is 32.1 Å². The van der Waals surface area contributed by atoms with Crippen molar-refractivity contribution < 1.29 is 31.5 Å². The van der Waals surface area contributed by atoms with Crippen molar-refractivity contribution in [3.63, 3.8) is 0 Å². The molecule has 2 nitrogen and oxygen atoms in total. The fourth-order valence-electron chi connectivity index (χ4n) is 15.9. The van der Waals surface area contributed by atoms with Gasteiger partial charge >= 0.3 is 344 Å². The third-order valence-corrected chi connectivity index (χ3v) is 53.7. The summed E-state index contributed by atoms with van der Waals surface area (Å²) >= 11 is 11.5. The quantitative estimate of drug-likeness (QED) is 0.0290. The molecule has 0 aliphatic heterocycles. The van der Waals surface area contributed by atoms with Gasteiger partial charge in [-0.2, -0.15) is 0 Å². The van der Waals surface area contributed by atoms with Gasteiger partial charge in [0.25, 0.3) is 0 Å². The number of rotatable bonds is 36. The zero-order chi connectivity index (χ0) is 87.8. The molecule has 1 aliphatic carbocycles. The number of fused-ring (bicyclic) bond motifs is 6. The van der Waals surface area contributed by atoms with Gasteiger partial charge in [-0.05, 0) is 106 Å². The summed E-state index contributed by atoms with van der Waals surface area (Å²) in [7, 11) is 5.74. The molecule has 0 amide bonds. The van der Waals surface area contributed by atoms with Gasteiger partial charge in [-0.15, -0.1) is 79.4 Å². The van der Waals surface area contributed by atoms with Gasteiger partial charge in [0.2, 0.25) is 11.6 Å². The summed E-state index contributed by atoms with van der Waals surface area (Å²) in [6, 6.07) is 21.6. The average molecular weight is 2190 g/mol. The van der Waals surface area contributed by atoms with Crippen molar-refractivity contribution in [2.24, 2.45) is 29.6 Å². The molecule has 22 heteroatoms. The van der Waals surface area contributed by atoms with Crippen LogP contribution in [-0.4, -0.2) is 65.6 Å². The second-order valence-corrected chi connectivity index (χ2v) is 97.5. The standard InChI is InChI=1S/C34H40F2S4.C34H38F2S4.C12H19FS.C10H4O2S2.9CH3.ClH.3Sn/c2*1-5-9-11-21(7-3)17-27-25(35)19-29(39-27)31-23-13-15-38-34(23)32(24-14-16-37-33(24)31)30-20-26(36)28(40-30)18-22(8-4)12-10-6-2;1-3-5-6-10(4-2)9-12-11(13)7-8-14-12;11-7-5-1-3-13-9(5)8(12)6-2-4-14-10(6)7;;;;;;;;;;;;;/h13-16,19-22H,5-12,17-18H2,1-4H3;13-14,19-22H,5-12,17-18H2,1-4H3;7-8,10H,3-6,9H2,1-2H3;1-4H;9*1H3;1H;;;/q;;;;;;;;;;;;;;;;+1/p-1. The molecular weight excluding hydrogens is 2060 g/mol. The van der Waals surface area contributed by atoms with Crippen LogP contribution in [0.4, 0.5) is 22.0 Å². The third kappa shape index (κ3) is 26.2. The molecule has 0 saturated heterocycles. The van der Waals surface area contributed by atoms with Gasteiger partial charge < -0.3 is 0 Å². The van der Waals surface area contributed by atoms with Gasteiger partial charge in [-0.1, -0.05) is 132 Å². The summed E-state index contributed by atoms with van der Waals surface area (Å²) in [4.78, 5) is 55.0. The van der Waals surface area contributed by atoms with E-state index in [4.69, 9.17) is 8.92 Å². The Morgan fingerprint density at radius 3 is 0.835 bits per heavy atom. The molecule has 14 rings (SSSR count). The number of unbranched alkanes of at least 4 members (excludes halogenated alkanes) is 5. The van der Waals surface area contributed by atoms with Gasteiger partial charge in [0.1, 0.15) is 17.5 Å². The Morgan fingerprint density at radius 1 is 0.314 bits per heavy atom. The van der Waals surface area contributed by atoms with E-state index in [-0.39, 0.29) is 40.7 Å². The summed E-state index contributed by atoms with van der Waals surface area (Å²) in [5, 5.41) is 14.5. The zero-order valence-corrected chi connectivity index (χ0v) is 93.2. The summed E-state index contributed by atoms with van der Waals surface area (Å²) in [5.41, 5.74) is 5.88. The van der Waals surface area contributed by atoms with Crippen LogP contribution < -0.4 is 5.79 Å². The average Bonchev–Trinajstić information content (AvgIpc) is 1.57. The van der Waals surface area contributed by atoms with Gasteiger partial charge in [0.05, 0.1) is 9.75 Å². The molecule has 11 aromatic heterocycles. The van der Waals surface area contributed by atoms with Gasteiger partial charge in [0.15, 0.2) is 0 Å². The van der Waals surface area contributed by atoms with Crippen molar-refractivity contribution in [2.45, 2.75) is 274 Å². The molecule has 5 atom stereocenters. The molecule has 0 saturated carbocycles. The number of thiophene rings is 11. The Kier molecular flexibility index (Phi) is 39.3. The van der Waals surface area contributed by atoms with E-state index in [0.29, 0.717) is 50.5 Å². The Hall–Kier alpha value is -2.14. The Labute approximate surface area is 780 Å². The number of hydrogen-bond acceptors (Lipinski definition) is 13. The topological polar surface area (TPSA) is 34.1 Å². The monoisotopic (exact) mass is 2190 g/mol. The van der Waals surface area contributed by atoms with E-state index in [2.05, 4.69) is 149 Å². The van der Waals surface area contributed by atoms with Crippen molar-refractivity contribution in [2.75, 3.05) is 0 Å². The molecule has 121 heavy (non-hydrogen) atoms. The molecule has 2 aromatic carbocycles. The van der Waals surface area contributed by atoms with E-state index in [1.54, 1.807) is 120 Å². The maximum absolute atomic E-state index is 15.9. The molecule has 11 heterocycles.